The van der Waals surface area contributed by atoms with E-state index < -0.39 is 117 Å². The minimum atomic E-state index is -1.97. The van der Waals surface area contributed by atoms with E-state index in [1.165, 1.54) is 56.5 Å². The smallest absolute Gasteiger partial charge is 0.331 e. The Morgan fingerprint density at radius 3 is 1.98 bits per heavy atom. The normalized spacial score (nSPS) is 36.4. The molecule has 11 N–H and O–H groups in total. The second kappa shape index (κ2) is 19.2. The zero-order chi connectivity index (χ0) is 40.8. The second-order valence-electron chi connectivity index (χ2n) is 13.4. The van der Waals surface area contributed by atoms with Crippen molar-refractivity contribution in [2.45, 2.75) is 105 Å². The van der Waals surface area contributed by atoms with Crippen LogP contribution < -0.4 is 4.74 Å². The standard InChI is InChI=1S/C36H48O20/c1-15-25(43)27(45)29(47)34(51-15)55-32-31(54-24(42)8-5-16-4-7-19(40)21(12-16)49-2)23(14-38)53-36(50-10-9-17-3-6-18(39)20(41)11-17)33(32)56-35-30(48)28(46)26(44)22(13-37)52-35/h3-8,11-12,15,22-23,25-41,43-48H,9-10,13-14H2,1-2H3/b8-5+/t15-,22+,23+,25-,26-,27+,28-,29+,30+,31+,32-,33+,34-,35-,36+/m0/s1. The van der Waals surface area contributed by atoms with Crippen molar-refractivity contribution in [2.24, 2.45) is 0 Å². The van der Waals surface area contributed by atoms with E-state index in [-0.39, 0.29) is 30.3 Å². The van der Waals surface area contributed by atoms with E-state index in [0.29, 0.717) is 11.1 Å². The summed E-state index contributed by atoms with van der Waals surface area (Å²) in [4.78, 5) is 13.4. The summed E-state index contributed by atoms with van der Waals surface area (Å²) in [6, 6.07) is 8.28. The fourth-order valence-electron chi connectivity index (χ4n) is 6.37. The van der Waals surface area contributed by atoms with Gasteiger partial charge in [0.05, 0.1) is 33.0 Å². The van der Waals surface area contributed by atoms with E-state index >= 15 is 0 Å². The molecule has 0 bridgehead atoms. The number of methoxy groups -OCH3 is 1. The number of phenolic OH excluding ortho intramolecular Hbond substituents is 3. The van der Waals surface area contributed by atoms with Crippen LogP contribution in [0, 0.1) is 0 Å². The second-order valence-corrected chi connectivity index (χ2v) is 13.4. The average Bonchev–Trinajstić information content (AvgIpc) is 3.18. The zero-order valence-corrected chi connectivity index (χ0v) is 30.2. The highest BCUT2D eigenvalue weighted by Crippen LogP contribution is 2.36. The summed E-state index contributed by atoms with van der Waals surface area (Å²) in [5.41, 5.74) is 0.904. The Balaban J connectivity index is 1.50. The molecule has 3 aliphatic heterocycles. The molecule has 0 saturated carbocycles. The van der Waals surface area contributed by atoms with Gasteiger partial charge in [0.1, 0.15) is 61.0 Å². The molecule has 2 aromatic rings. The lowest BCUT2D eigenvalue weighted by Gasteiger charge is -2.49. The molecule has 15 atom stereocenters. The van der Waals surface area contributed by atoms with Crippen LogP contribution in [0.2, 0.25) is 0 Å². The molecule has 0 aromatic heterocycles. The molecular formula is C36H48O20. The zero-order valence-electron chi connectivity index (χ0n) is 30.2. The van der Waals surface area contributed by atoms with Gasteiger partial charge in [-0.2, -0.15) is 0 Å². The number of benzene rings is 2. The molecule has 0 amide bonds. The number of phenols is 3. The summed E-state index contributed by atoms with van der Waals surface area (Å²) in [7, 11) is 1.33. The van der Waals surface area contributed by atoms with Gasteiger partial charge in [-0.25, -0.2) is 4.79 Å². The monoisotopic (exact) mass is 800 g/mol. The average molecular weight is 801 g/mol. The molecule has 20 nitrogen and oxygen atoms in total. The van der Waals surface area contributed by atoms with E-state index in [9.17, 15) is 61.0 Å². The Morgan fingerprint density at radius 1 is 0.696 bits per heavy atom. The molecule has 3 fully saturated rings. The lowest BCUT2D eigenvalue weighted by atomic mass is 9.96. The van der Waals surface area contributed by atoms with Crippen molar-refractivity contribution in [3.8, 4) is 23.0 Å². The summed E-state index contributed by atoms with van der Waals surface area (Å²) in [5, 5.41) is 114. The summed E-state index contributed by atoms with van der Waals surface area (Å²) in [6.07, 6.45) is -22.9. The first kappa shape index (κ1) is 43.4. The number of esters is 1. The summed E-state index contributed by atoms with van der Waals surface area (Å²) in [5.74, 6) is -1.83. The number of ether oxygens (including phenoxy) is 8. The molecule has 5 rings (SSSR count). The van der Waals surface area contributed by atoms with Crippen molar-refractivity contribution in [3.05, 3.63) is 53.6 Å². The molecule has 56 heavy (non-hydrogen) atoms. The van der Waals surface area contributed by atoms with Gasteiger partial charge in [0.25, 0.3) is 0 Å². The topological polar surface area (TPSA) is 313 Å². The predicted octanol–water partition coefficient (Wildman–Crippen LogP) is -2.89. The lowest BCUT2D eigenvalue weighted by molar-refractivity contribution is -0.390. The molecule has 20 heteroatoms. The van der Waals surface area contributed by atoms with Crippen LogP contribution in [0.3, 0.4) is 0 Å². The van der Waals surface area contributed by atoms with Crippen molar-refractivity contribution in [1.82, 2.24) is 0 Å². The molecule has 0 unspecified atom stereocenters. The molecule has 3 aliphatic rings. The number of carbonyl (C=O) groups excluding carboxylic acids is 1. The van der Waals surface area contributed by atoms with E-state index in [1.54, 1.807) is 0 Å². The number of carbonyl (C=O) groups is 1. The third-order valence-corrected chi connectivity index (χ3v) is 9.59. The first-order valence-corrected chi connectivity index (χ1v) is 17.6. The highest BCUT2D eigenvalue weighted by atomic mass is 16.8. The number of hydrogen-bond acceptors (Lipinski definition) is 20. The van der Waals surface area contributed by atoms with Gasteiger partial charge in [0.2, 0.25) is 0 Å². The predicted molar refractivity (Wildman–Crippen MR) is 185 cm³/mol. The minimum absolute atomic E-state index is 0.0904. The van der Waals surface area contributed by atoms with E-state index in [1.807, 2.05) is 0 Å². The van der Waals surface area contributed by atoms with Crippen LogP contribution >= 0.6 is 0 Å². The van der Waals surface area contributed by atoms with Crippen molar-refractivity contribution in [1.29, 1.82) is 0 Å². The maximum Gasteiger partial charge on any atom is 0.331 e. The Morgan fingerprint density at radius 2 is 1.32 bits per heavy atom. The quantitative estimate of drug-likeness (QED) is 0.0519. The Kier molecular flexibility index (Phi) is 14.9. The van der Waals surface area contributed by atoms with Crippen LogP contribution in [0.1, 0.15) is 18.1 Å². The van der Waals surface area contributed by atoms with Crippen LogP contribution in [0.4, 0.5) is 0 Å². The SMILES string of the molecule is COc1cc(/C=C/C(=O)O[C@H]2[C@H](O[C@@H]3O[C@@H](C)[C@H](O)[C@@H](O)[C@H]3O)[C@@H](O[C@@H]3O[C@H](CO)[C@H](O)[C@H](O)[C@H]3O)[C@H](OCCc3ccc(O)c(O)c3)O[C@@H]2CO)ccc1O. The molecule has 0 radical (unpaired) electrons. The van der Waals surface area contributed by atoms with Crippen LogP contribution in [0.15, 0.2) is 42.5 Å². The molecule has 312 valence electrons. The minimum Gasteiger partial charge on any atom is -0.504 e. The number of hydrogen-bond donors (Lipinski definition) is 11. The molecule has 2 aromatic carbocycles. The summed E-state index contributed by atoms with van der Waals surface area (Å²) >= 11 is 0. The lowest BCUT2D eigenvalue weighted by Crippen LogP contribution is -2.67. The van der Waals surface area contributed by atoms with Crippen LogP contribution in [-0.2, 0) is 44.4 Å². The van der Waals surface area contributed by atoms with E-state index in [0.717, 1.165) is 6.08 Å². The molecular weight excluding hydrogens is 752 g/mol. The van der Waals surface area contributed by atoms with Gasteiger partial charge in [-0.3, -0.25) is 0 Å². The van der Waals surface area contributed by atoms with Crippen LogP contribution in [0.25, 0.3) is 6.08 Å². The first-order valence-electron chi connectivity index (χ1n) is 17.6. The molecule has 0 aliphatic carbocycles. The fraction of sp³-hybridized carbons (Fsp3) is 0.583. The van der Waals surface area contributed by atoms with Crippen molar-refractivity contribution < 1.29 is 98.9 Å². The number of aromatic hydroxyl groups is 3. The van der Waals surface area contributed by atoms with Crippen molar-refractivity contribution >= 4 is 12.0 Å². The van der Waals surface area contributed by atoms with Crippen LogP contribution in [-0.4, -0.2) is 181 Å². The Bertz CT molecular complexity index is 1620. The maximum absolute atomic E-state index is 13.4. The van der Waals surface area contributed by atoms with Gasteiger partial charge >= 0.3 is 5.97 Å². The number of rotatable bonds is 14. The summed E-state index contributed by atoms with van der Waals surface area (Å²) in [6.45, 7) is -0.493. The number of aliphatic hydroxyl groups is 8. The van der Waals surface area contributed by atoms with Gasteiger partial charge in [-0.1, -0.05) is 12.1 Å². The van der Waals surface area contributed by atoms with Gasteiger partial charge in [-0.15, -0.1) is 0 Å². The summed E-state index contributed by atoms with van der Waals surface area (Å²) < 4.78 is 46.4. The molecule has 0 spiro atoms. The van der Waals surface area contributed by atoms with Crippen molar-refractivity contribution in [3.63, 3.8) is 0 Å². The van der Waals surface area contributed by atoms with Crippen molar-refractivity contribution in [2.75, 3.05) is 26.9 Å². The van der Waals surface area contributed by atoms with Gasteiger partial charge in [0, 0.05) is 6.08 Å². The maximum atomic E-state index is 13.4. The highest BCUT2D eigenvalue weighted by Gasteiger charge is 2.55. The number of aliphatic hydroxyl groups excluding tert-OH is 8. The van der Waals surface area contributed by atoms with E-state index in [4.69, 9.17) is 37.9 Å². The third kappa shape index (κ3) is 9.86. The largest absolute Gasteiger partial charge is 0.504 e. The molecule has 3 heterocycles. The Labute approximate surface area is 319 Å². The van der Waals surface area contributed by atoms with Gasteiger partial charge in [0.15, 0.2) is 48.0 Å². The molecule has 3 saturated heterocycles. The first-order chi connectivity index (χ1) is 26.7. The van der Waals surface area contributed by atoms with Gasteiger partial charge < -0.3 is 94.1 Å². The third-order valence-electron chi connectivity index (χ3n) is 9.59. The van der Waals surface area contributed by atoms with E-state index in [2.05, 4.69) is 0 Å². The Hall–Kier alpha value is -3.71. The van der Waals surface area contributed by atoms with Crippen LogP contribution in [0.5, 0.6) is 23.0 Å². The van der Waals surface area contributed by atoms with Gasteiger partial charge in [-0.05, 0) is 54.8 Å². The highest BCUT2D eigenvalue weighted by molar-refractivity contribution is 5.87. The fourth-order valence-corrected chi connectivity index (χ4v) is 6.37.